The van der Waals surface area contributed by atoms with Gasteiger partial charge >= 0.3 is 12.1 Å². The molecule has 0 saturated carbocycles. The zero-order valence-corrected chi connectivity index (χ0v) is 20.1. The van der Waals surface area contributed by atoms with E-state index in [4.69, 9.17) is 14.6 Å². The molecule has 0 bridgehead atoms. The van der Waals surface area contributed by atoms with Crippen LogP contribution in [0.4, 0.5) is 4.79 Å². The Bertz CT molecular complexity index is 1040. The molecule has 4 rings (SSSR count). The molecule has 1 heterocycles. The van der Waals surface area contributed by atoms with E-state index in [1.807, 2.05) is 50.2 Å². The summed E-state index contributed by atoms with van der Waals surface area (Å²) in [5.41, 5.74) is 4.43. The molecule has 2 aromatic carbocycles. The molecule has 2 N–H and O–H groups in total. The predicted molar refractivity (Wildman–Crippen MR) is 130 cm³/mol. The van der Waals surface area contributed by atoms with Gasteiger partial charge in [-0.1, -0.05) is 48.5 Å². The number of alkyl carbamates (subject to hydrolysis) is 1. The van der Waals surface area contributed by atoms with Gasteiger partial charge in [-0.2, -0.15) is 0 Å². The second kappa shape index (κ2) is 10.9. The number of carbonyl (C=O) groups excluding carboxylic acids is 2. The summed E-state index contributed by atoms with van der Waals surface area (Å²) >= 11 is 0. The van der Waals surface area contributed by atoms with Gasteiger partial charge in [0.25, 0.3) is 0 Å². The van der Waals surface area contributed by atoms with Crippen molar-refractivity contribution in [2.75, 3.05) is 19.7 Å². The average Bonchev–Trinajstić information content (AvgIpc) is 3.42. The van der Waals surface area contributed by atoms with Gasteiger partial charge < -0.3 is 24.8 Å². The molecule has 35 heavy (non-hydrogen) atoms. The Morgan fingerprint density at radius 3 is 2.29 bits per heavy atom. The largest absolute Gasteiger partial charge is 0.481 e. The lowest BCUT2D eigenvalue weighted by atomic mass is 9.98. The number of nitrogens with one attached hydrogen (secondary N) is 1. The van der Waals surface area contributed by atoms with Gasteiger partial charge in [-0.25, -0.2) is 4.79 Å². The van der Waals surface area contributed by atoms with E-state index in [0.717, 1.165) is 22.3 Å². The first kappa shape index (κ1) is 24.7. The van der Waals surface area contributed by atoms with Gasteiger partial charge in [-0.3, -0.25) is 9.59 Å². The van der Waals surface area contributed by atoms with Crippen LogP contribution in [0.5, 0.6) is 0 Å². The number of amides is 2. The summed E-state index contributed by atoms with van der Waals surface area (Å²) in [6.45, 7) is 4.94. The molecule has 2 amide bonds. The van der Waals surface area contributed by atoms with Gasteiger partial charge in [-0.05, 0) is 48.9 Å². The van der Waals surface area contributed by atoms with E-state index in [-0.39, 0.29) is 43.5 Å². The Morgan fingerprint density at radius 2 is 1.69 bits per heavy atom. The Balaban J connectivity index is 1.39. The highest BCUT2D eigenvalue weighted by atomic mass is 16.5. The lowest BCUT2D eigenvalue weighted by Gasteiger charge is -2.24. The fraction of sp³-hybridized carbons (Fsp3) is 0.444. The molecule has 1 saturated heterocycles. The second-order valence-electron chi connectivity index (χ2n) is 9.33. The minimum atomic E-state index is -1.03. The molecular weight excluding hydrogens is 448 g/mol. The highest BCUT2D eigenvalue weighted by molar-refractivity contribution is 5.86. The van der Waals surface area contributed by atoms with Crippen molar-refractivity contribution in [1.29, 1.82) is 0 Å². The molecule has 0 radical (unpaired) electrons. The third-order valence-electron chi connectivity index (χ3n) is 6.50. The van der Waals surface area contributed by atoms with Crippen LogP contribution in [0.15, 0.2) is 48.5 Å². The van der Waals surface area contributed by atoms with Crippen molar-refractivity contribution in [1.82, 2.24) is 10.2 Å². The molecule has 0 spiro atoms. The zero-order chi connectivity index (χ0) is 24.9. The van der Waals surface area contributed by atoms with Gasteiger partial charge in [0.05, 0.1) is 12.2 Å². The molecule has 186 valence electrons. The number of hydrogen-bond acceptors (Lipinski definition) is 5. The number of benzene rings is 2. The number of rotatable bonds is 9. The number of aliphatic carboxylic acids is 1. The number of carbonyl (C=O) groups is 3. The monoisotopic (exact) mass is 480 g/mol. The lowest BCUT2D eigenvalue weighted by molar-refractivity contribution is -0.138. The molecule has 1 unspecified atom stereocenters. The van der Waals surface area contributed by atoms with E-state index < -0.39 is 18.1 Å². The van der Waals surface area contributed by atoms with Crippen LogP contribution in [-0.2, 0) is 19.1 Å². The standard InChI is InChI=1S/C27H32N2O6/c1-17(2)35-18-13-14-29(15-18)26(32)24(11-12-25(30)31)28-27(33)34-16-23-21-9-5-3-7-19(21)20-8-4-6-10-22(20)23/h3-10,17-18,23-24H,11-16H2,1-2H3,(H,28,33)(H,30,31)/t18-,24?/m1/s1. The van der Waals surface area contributed by atoms with Crippen molar-refractivity contribution < 1.29 is 29.0 Å². The Hall–Kier alpha value is -3.39. The molecule has 1 fully saturated rings. The fourth-order valence-electron chi connectivity index (χ4n) is 4.95. The molecule has 1 aliphatic heterocycles. The zero-order valence-electron chi connectivity index (χ0n) is 20.1. The van der Waals surface area contributed by atoms with Gasteiger partial charge in [0.2, 0.25) is 5.91 Å². The van der Waals surface area contributed by atoms with Gasteiger partial charge in [0.1, 0.15) is 12.6 Å². The molecule has 8 nitrogen and oxygen atoms in total. The third kappa shape index (κ3) is 5.82. The van der Waals surface area contributed by atoms with E-state index in [1.165, 1.54) is 0 Å². The summed E-state index contributed by atoms with van der Waals surface area (Å²) in [6, 6.07) is 15.1. The first-order valence-corrected chi connectivity index (χ1v) is 12.1. The maximum atomic E-state index is 13.1. The number of nitrogens with zero attached hydrogens (tertiary/aromatic N) is 1. The second-order valence-corrected chi connectivity index (χ2v) is 9.33. The predicted octanol–water partition coefficient (Wildman–Crippen LogP) is 3.78. The third-order valence-corrected chi connectivity index (χ3v) is 6.50. The fourth-order valence-corrected chi connectivity index (χ4v) is 4.95. The molecule has 8 heteroatoms. The van der Waals surface area contributed by atoms with Crippen molar-refractivity contribution in [2.24, 2.45) is 0 Å². The number of fused-ring (bicyclic) bond motifs is 3. The van der Waals surface area contributed by atoms with Crippen LogP contribution in [0.3, 0.4) is 0 Å². The lowest BCUT2D eigenvalue weighted by Crippen LogP contribution is -2.48. The van der Waals surface area contributed by atoms with Crippen LogP contribution >= 0.6 is 0 Å². The highest BCUT2D eigenvalue weighted by Gasteiger charge is 2.34. The van der Waals surface area contributed by atoms with E-state index >= 15 is 0 Å². The van der Waals surface area contributed by atoms with Crippen molar-refractivity contribution >= 4 is 18.0 Å². The van der Waals surface area contributed by atoms with Crippen molar-refractivity contribution in [3.63, 3.8) is 0 Å². The number of likely N-dealkylation sites (tertiary alicyclic amines) is 1. The molecule has 2 aliphatic rings. The maximum absolute atomic E-state index is 13.1. The minimum Gasteiger partial charge on any atom is -0.481 e. The Morgan fingerprint density at radius 1 is 1.06 bits per heavy atom. The van der Waals surface area contributed by atoms with Crippen LogP contribution in [0.25, 0.3) is 11.1 Å². The topological polar surface area (TPSA) is 105 Å². The Labute approximate surface area is 205 Å². The normalized spacial score (nSPS) is 17.7. The van der Waals surface area contributed by atoms with Gasteiger partial charge in [0, 0.05) is 25.4 Å². The van der Waals surface area contributed by atoms with E-state index in [0.29, 0.717) is 19.5 Å². The number of carboxylic acid groups (broad SMARTS) is 1. The molecule has 0 aromatic heterocycles. The van der Waals surface area contributed by atoms with Crippen LogP contribution in [0, 0.1) is 0 Å². The smallest absolute Gasteiger partial charge is 0.407 e. The summed E-state index contributed by atoms with van der Waals surface area (Å²) in [5, 5.41) is 11.7. The maximum Gasteiger partial charge on any atom is 0.407 e. The number of hydrogen-bond donors (Lipinski definition) is 2. The van der Waals surface area contributed by atoms with E-state index in [2.05, 4.69) is 17.4 Å². The van der Waals surface area contributed by atoms with Crippen LogP contribution in [0.1, 0.15) is 50.2 Å². The van der Waals surface area contributed by atoms with E-state index in [9.17, 15) is 14.4 Å². The van der Waals surface area contributed by atoms with Crippen LogP contribution < -0.4 is 5.32 Å². The summed E-state index contributed by atoms with van der Waals surface area (Å²) < 4.78 is 11.4. The quantitative estimate of drug-likeness (QED) is 0.566. The van der Waals surface area contributed by atoms with Crippen molar-refractivity contribution in [2.45, 2.75) is 57.3 Å². The van der Waals surface area contributed by atoms with Gasteiger partial charge in [0.15, 0.2) is 0 Å². The molecule has 2 aromatic rings. The van der Waals surface area contributed by atoms with E-state index in [1.54, 1.807) is 4.90 Å². The summed E-state index contributed by atoms with van der Waals surface area (Å²) in [6.07, 6.45) is -0.277. The number of ether oxygens (including phenoxy) is 2. The summed E-state index contributed by atoms with van der Waals surface area (Å²) in [4.78, 5) is 38.6. The summed E-state index contributed by atoms with van der Waals surface area (Å²) in [7, 11) is 0. The first-order valence-electron chi connectivity index (χ1n) is 12.1. The number of carboxylic acids is 1. The molecular formula is C27H32N2O6. The van der Waals surface area contributed by atoms with Crippen LogP contribution in [0.2, 0.25) is 0 Å². The van der Waals surface area contributed by atoms with Gasteiger partial charge in [-0.15, -0.1) is 0 Å². The van der Waals surface area contributed by atoms with Crippen molar-refractivity contribution in [3.05, 3.63) is 59.7 Å². The SMILES string of the molecule is CC(C)O[C@@H]1CCN(C(=O)C(CCC(=O)O)NC(=O)OCC2c3ccccc3-c3ccccc32)C1. The minimum absolute atomic E-state index is 0.00936. The van der Waals surface area contributed by atoms with Crippen LogP contribution in [-0.4, -0.2) is 65.9 Å². The van der Waals surface area contributed by atoms with Crippen molar-refractivity contribution in [3.8, 4) is 11.1 Å². The average molecular weight is 481 g/mol. The first-order chi connectivity index (χ1) is 16.8. The molecule has 1 aliphatic carbocycles. The highest BCUT2D eigenvalue weighted by Crippen LogP contribution is 2.44. The Kier molecular flexibility index (Phi) is 7.70. The molecule has 2 atom stereocenters. The summed E-state index contributed by atoms with van der Waals surface area (Å²) in [5.74, 6) is -1.44.